The van der Waals surface area contributed by atoms with Gasteiger partial charge in [-0.1, -0.05) is 11.6 Å². The molecule has 3 amide bonds. The van der Waals surface area contributed by atoms with E-state index in [0.717, 1.165) is 19.3 Å². The lowest BCUT2D eigenvalue weighted by molar-refractivity contribution is -0.122. The standard InChI is InChI=1S/C25H37ClN2O8/c1-15(2)7-8-18-24(3,36-18)21-20(32-4)17(9-10-25(21)14-34-25)35-23(31)28-11-5-6-16(28)13-33-22(30)27-19(29)12-26/h7,16-18,20-21H,5-6,8-14H2,1-4H3,(H,27,29,30). The Morgan fingerprint density at radius 2 is 2.00 bits per heavy atom. The number of likely N-dealkylation sites (tertiary alicyclic amines) is 1. The highest BCUT2D eigenvalue weighted by atomic mass is 35.5. The molecule has 1 spiro atoms. The van der Waals surface area contributed by atoms with Crippen LogP contribution in [-0.2, 0) is 28.5 Å². The number of allylic oxidation sites excluding steroid dienone is 1. The number of nitrogens with one attached hydrogen (secondary N) is 1. The molecule has 1 N–H and O–H groups in total. The minimum absolute atomic E-state index is 0.0353. The van der Waals surface area contributed by atoms with Crippen molar-refractivity contribution in [3.63, 3.8) is 0 Å². The van der Waals surface area contributed by atoms with Crippen LogP contribution in [0.1, 0.15) is 52.9 Å². The summed E-state index contributed by atoms with van der Waals surface area (Å²) in [4.78, 5) is 37.8. The number of methoxy groups -OCH3 is 1. The van der Waals surface area contributed by atoms with Crippen molar-refractivity contribution in [1.29, 1.82) is 0 Å². The summed E-state index contributed by atoms with van der Waals surface area (Å²) in [5.74, 6) is -1.04. The number of ether oxygens (including phenoxy) is 5. The zero-order valence-corrected chi connectivity index (χ0v) is 22.2. The molecule has 3 aliphatic heterocycles. The predicted octanol–water partition coefficient (Wildman–Crippen LogP) is 3.16. The molecule has 0 aromatic rings. The number of hydrogen-bond acceptors (Lipinski definition) is 8. The average molecular weight is 529 g/mol. The topological polar surface area (TPSA) is 119 Å². The molecule has 4 rings (SSSR count). The number of nitrogens with zero attached hydrogens (tertiary/aromatic N) is 1. The van der Waals surface area contributed by atoms with Crippen molar-refractivity contribution >= 4 is 29.7 Å². The minimum Gasteiger partial charge on any atom is -0.447 e. The van der Waals surface area contributed by atoms with Crippen molar-refractivity contribution in [3.8, 4) is 0 Å². The zero-order valence-electron chi connectivity index (χ0n) is 21.4. The lowest BCUT2D eigenvalue weighted by Gasteiger charge is -2.43. The lowest BCUT2D eigenvalue weighted by Crippen LogP contribution is -2.56. The Kier molecular flexibility index (Phi) is 8.19. The molecule has 1 saturated carbocycles. The maximum Gasteiger partial charge on any atom is 0.413 e. The van der Waals surface area contributed by atoms with Crippen LogP contribution in [-0.4, -0.2) is 91.3 Å². The van der Waals surface area contributed by atoms with Gasteiger partial charge in [-0.05, 0) is 52.9 Å². The van der Waals surface area contributed by atoms with Crippen LogP contribution < -0.4 is 5.32 Å². The van der Waals surface area contributed by atoms with Crippen molar-refractivity contribution in [2.75, 3.05) is 32.7 Å². The van der Waals surface area contributed by atoms with Crippen molar-refractivity contribution in [1.82, 2.24) is 10.2 Å². The van der Waals surface area contributed by atoms with E-state index in [2.05, 4.69) is 26.8 Å². The number of carbonyl (C=O) groups is 3. The van der Waals surface area contributed by atoms with Gasteiger partial charge in [-0.2, -0.15) is 0 Å². The maximum atomic E-state index is 13.2. The zero-order chi connectivity index (χ0) is 26.1. The Morgan fingerprint density at radius 1 is 1.25 bits per heavy atom. The van der Waals surface area contributed by atoms with Gasteiger partial charge in [0.05, 0.1) is 24.7 Å². The molecule has 4 aliphatic rings. The fourth-order valence-corrected chi connectivity index (χ4v) is 5.94. The summed E-state index contributed by atoms with van der Waals surface area (Å²) in [5.41, 5.74) is 0.540. The molecule has 3 heterocycles. The van der Waals surface area contributed by atoms with Crippen molar-refractivity contribution in [2.45, 2.75) is 88.4 Å². The molecule has 202 valence electrons. The maximum absolute atomic E-state index is 13.2. The summed E-state index contributed by atoms with van der Waals surface area (Å²) in [6.45, 7) is 7.37. The highest BCUT2D eigenvalue weighted by Crippen LogP contribution is 2.59. The molecule has 11 heteroatoms. The number of alkyl carbamates (subject to hydrolysis) is 1. The van der Waals surface area contributed by atoms with Gasteiger partial charge in [0, 0.05) is 13.7 Å². The van der Waals surface area contributed by atoms with Gasteiger partial charge < -0.3 is 28.6 Å². The second kappa shape index (κ2) is 10.8. The predicted molar refractivity (Wildman–Crippen MR) is 130 cm³/mol. The molecular weight excluding hydrogens is 492 g/mol. The van der Waals surface area contributed by atoms with E-state index in [-0.39, 0.29) is 42.3 Å². The lowest BCUT2D eigenvalue weighted by atomic mass is 9.68. The average Bonchev–Trinajstić information content (AvgIpc) is 3.69. The number of rotatable bonds is 8. The van der Waals surface area contributed by atoms with Crippen LogP contribution >= 0.6 is 11.6 Å². The third kappa shape index (κ3) is 5.66. The molecule has 7 unspecified atom stereocenters. The summed E-state index contributed by atoms with van der Waals surface area (Å²) < 4.78 is 29.3. The molecule has 1 aliphatic carbocycles. The Morgan fingerprint density at radius 3 is 2.64 bits per heavy atom. The number of halogens is 1. The summed E-state index contributed by atoms with van der Waals surface area (Å²) in [6.07, 6.45) is 3.76. The third-order valence-corrected chi connectivity index (χ3v) is 8.11. The van der Waals surface area contributed by atoms with Crippen LogP contribution in [0.2, 0.25) is 0 Å². The molecule has 3 saturated heterocycles. The molecule has 7 atom stereocenters. The van der Waals surface area contributed by atoms with E-state index in [9.17, 15) is 14.4 Å². The molecular formula is C25H37ClN2O8. The van der Waals surface area contributed by atoms with Crippen molar-refractivity contribution < 1.29 is 38.1 Å². The Labute approximate surface area is 216 Å². The number of hydrogen-bond donors (Lipinski definition) is 1. The van der Waals surface area contributed by atoms with Gasteiger partial charge in [0.15, 0.2) is 0 Å². The Hall–Kier alpha value is -1.88. The monoisotopic (exact) mass is 528 g/mol. The molecule has 0 aromatic heterocycles. The SMILES string of the molecule is COC1C(OC(=O)N2CCCC2COC(=O)NC(=O)CCl)CCC2(CO2)C1C1(C)OC1CC=C(C)C. The number of imide groups is 1. The normalized spacial score (nSPS) is 36.8. The first-order valence-electron chi connectivity index (χ1n) is 12.6. The third-order valence-electron chi connectivity index (χ3n) is 7.87. The second-order valence-corrected chi connectivity index (χ2v) is 10.8. The highest BCUT2D eigenvalue weighted by Gasteiger charge is 2.72. The summed E-state index contributed by atoms with van der Waals surface area (Å²) in [7, 11) is 1.64. The number of epoxide rings is 2. The largest absolute Gasteiger partial charge is 0.447 e. The van der Waals surface area contributed by atoms with E-state index in [4.69, 9.17) is 35.3 Å². The van der Waals surface area contributed by atoms with E-state index in [0.29, 0.717) is 26.0 Å². The van der Waals surface area contributed by atoms with Crippen LogP contribution in [0.5, 0.6) is 0 Å². The minimum atomic E-state index is -0.884. The number of carbonyl (C=O) groups excluding carboxylic acids is 3. The fourth-order valence-electron chi connectivity index (χ4n) is 5.87. The first kappa shape index (κ1) is 27.2. The second-order valence-electron chi connectivity index (χ2n) is 10.6. The van der Waals surface area contributed by atoms with Crippen LogP contribution in [0.4, 0.5) is 9.59 Å². The first-order valence-corrected chi connectivity index (χ1v) is 13.1. The van der Waals surface area contributed by atoms with Gasteiger partial charge in [-0.15, -0.1) is 11.6 Å². The summed E-state index contributed by atoms with van der Waals surface area (Å²) >= 11 is 5.39. The van der Waals surface area contributed by atoms with Gasteiger partial charge in [-0.3, -0.25) is 10.1 Å². The Balaban J connectivity index is 1.38. The molecule has 0 bridgehead atoms. The number of amides is 3. The van der Waals surface area contributed by atoms with Crippen LogP contribution in [0, 0.1) is 5.92 Å². The van der Waals surface area contributed by atoms with Crippen molar-refractivity contribution in [2.24, 2.45) is 5.92 Å². The van der Waals surface area contributed by atoms with Gasteiger partial charge in [-0.25, -0.2) is 9.59 Å². The summed E-state index contributed by atoms with van der Waals surface area (Å²) in [5, 5.41) is 2.02. The van der Waals surface area contributed by atoms with Gasteiger partial charge in [0.2, 0.25) is 5.91 Å². The van der Waals surface area contributed by atoms with E-state index in [1.807, 2.05) is 5.32 Å². The van der Waals surface area contributed by atoms with E-state index < -0.39 is 29.8 Å². The highest BCUT2D eigenvalue weighted by molar-refractivity contribution is 6.28. The Bertz CT molecular complexity index is 889. The van der Waals surface area contributed by atoms with Crippen molar-refractivity contribution in [3.05, 3.63) is 11.6 Å². The van der Waals surface area contributed by atoms with Gasteiger partial charge >= 0.3 is 12.2 Å². The van der Waals surface area contributed by atoms with Gasteiger partial charge in [0.1, 0.15) is 35.9 Å². The molecule has 10 nitrogen and oxygen atoms in total. The van der Waals surface area contributed by atoms with E-state index >= 15 is 0 Å². The van der Waals surface area contributed by atoms with Gasteiger partial charge in [0.25, 0.3) is 0 Å². The van der Waals surface area contributed by atoms with Crippen LogP contribution in [0.25, 0.3) is 0 Å². The molecule has 4 fully saturated rings. The number of alkyl halides is 1. The molecule has 0 aromatic carbocycles. The smallest absolute Gasteiger partial charge is 0.413 e. The fraction of sp³-hybridized carbons (Fsp3) is 0.800. The van der Waals surface area contributed by atoms with E-state index in [1.165, 1.54) is 5.57 Å². The van der Waals surface area contributed by atoms with Crippen LogP contribution in [0.3, 0.4) is 0 Å². The summed E-state index contributed by atoms with van der Waals surface area (Å²) in [6, 6.07) is -0.328. The first-order chi connectivity index (χ1) is 17.1. The molecule has 36 heavy (non-hydrogen) atoms. The molecule has 0 radical (unpaired) electrons. The van der Waals surface area contributed by atoms with E-state index in [1.54, 1.807) is 12.0 Å². The quantitative estimate of drug-likeness (QED) is 0.290. The van der Waals surface area contributed by atoms with Crippen LogP contribution in [0.15, 0.2) is 11.6 Å².